The Morgan fingerprint density at radius 2 is 1.88 bits per heavy atom. The van der Waals surface area contributed by atoms with E-state index in [9.17, 15) is 9.90 Å². The van der Waals surface area contributed by atoms with E-state index in [2.05, 4.69) is 18.2 Å². The SMILES string of the molecule is COc1ccc2c(c1)CN(C(=O)C1CC(O)C1)C(c1ccccc1)C2. The van der Waals surface area contributed by atoms with Crippen molar-refractivity contribution in [2.24, 2.45) is 5.92 Å². The summed E-state index contributed by atoms with van der Waals surface area (Å²) >= 11 is 0. The molecule has 130 valence electrons. The van der Waals surface area contributed by atoms with E-state index in [4.69, 9.17) is 4.74 Å². The first kappa shape index (κ1) is 16.2. The van der Waals surface area contributed by atoms with Gasteiger partial charge in [0.1, 0.15) is 5.75 Å². The number of benzene rings is 2. The van der Waals surface area contributed by atoms with Crippen LogP contribution in [-0.4, -0.2) is 29.1 Å². The molecule has 1 saturated carbocycles. The van der Waals surface area contributed by atoms with E-state index in [1.54, 1.807) is 7.11 Å². The molecule has 1 N–H and O–H groups in total. The van der Waals surface area contributed by atoms with E-state index >= 15 is 0 Å². The van der Waals surface area contributed by atoms with Gasteiger partial charge in [0.05, 0.1) is 19.3 Å². The van der Waals surface area contributed by atoms with Gasteiger partial charge >= 0.3 is 0 Å². The van der Waals surface area contributed by atoms with Crippen molar-refractivity contribution >= 4 is 5.91 Å². The Kier molecular flexibility index (Phi) is 4.22. The van der Waals surface area contributed by atoms with Crippen molar-refractivity contribution in [2.75, 3.05) is 7.11 Å². The number of carbonyl (C=O) groups is 1. The van der Waals surface area contributed by atoms with Crippen LogP contribution in [0.1, 0.15) is 35.6 Å². The maximum atomic E-state index is 13.1. The topological polar surface area (TPSA) is 49.8 Å². The first-order chi connectivity index (χ1) is 12.2. The fourth-order valence-electron chi connectivity index (χ4n) is 3.92. The highest BCUT2D eigenvalue weighted by atomic mass is 16.5. The van der Waals surface area contributed by atoms with Gasteiger partial charge in [-0.3, -0.25) is 4.79 Å². The van der Waals surface area contributed by atoms with E-state index in [0.717, 1.165) is 23.3 Å². The van der Waals surface area contributed by atoms with E-state index in [1.165, 1.54) is 5.56 Å². The van der Waals surface area contributed by atoms with Gasteiger partial charge in [0, 0.05) is 12.5 Å². The third kappa shape index (κ3) is 3.02. The second kappa shape index (κ2) is 6.52. The fourth-order valence-corrected chi connectivity index (χ4v) is 3.92. The van der Waals surface area contributed by atoms with Crippen LogP contribution in [0.3, 0.4) is 0 Å². The Morgan fingerprint density at radius 1 is 1.12 bits per heavy atom. The van der Waals surface area contributed by atoms with E-state index in [0.29, 0.717) is 19.4 Å². The molecular weight excluding hydrogens is 314 g/mol. The monoisotopic (exact) mass is 337 g/mol. The first-order valence-corrected chi connectivity index (χ1v) is 8.85. The summed E-state index contributed by atoms with van der Waals surface area (Å²) in [4.78, 5) is 15.1. The Bertz CT molecular complexity index is 768. The molecule has 0 radical (unpaired) electrons. The highest BCUT2D eigenvalue weighted by Gasteiger charge is 2.40. The van der Waals surface area contributed by atoms with Crippen LogP contribution < -0.4 is 4.74 Å². The number of aliphatic hydroxyl groups is 1. The molecule has 1 amide bonds. The molecule has 0 saturated heterocycles. The van der Waals surface area contributed by atoms with Crippen LogP contribution in [-0.2, 0) is 17.8 Å². The zero-order chi connectivity index (χ0) is 17.4. The molecule has 4 heteroatoms. The summed E-state index contributed by atoms with van der Waals surface area (Å²) in [5.74, 6) is 0.935. The first-order valence-electron chi connectivity index (χ1n) is 8.85. The molecule has 4 nitrogen and oxygen atoms in total. The molecule has 1 unspecified atom stereocenters. The Balaban J connectivity index is 1.68. The predicted octanol–water partition coefficient (Wildman–Crippen LogP) is 3.09. The maximum Gasteiger partial charge on any atom is 0.226 e. The number of carbonyl (C=O) groups excluding carboxylic acids is 1. The number of nitrogens with zero attached hydrogens (tertiary/aromatic N) is 1. The zero-order valence-corrected chi connectivity index (χ0v) is 14.4. The van der Waals surface area contributed by atoms with E-state index in [-0.39, 0.29) is 24.0 Å². The Morgan fingerprint density at radius 3 is 2.56 bits per heavy atom. The molecule has 2 aromatic carbocycles. The summed E-state index contributed by atoms with van der Waals surface area (Å²) in [7, 11) is 1.66. The van der Waals surface area contributed by atoms with Crippen LogP contribution in [0, 0.1) is 5.92 Å². The summed E-state index contributed by atoms with van der Waals surface area (Å²) < 4.78 is 5.34. The van der Waals surface area contributed by atoms with Crippen molar-refractivity contribution in [3.8, 4) is 5.75 Å². The van der Waals surface area contributed by atoms with Crippen molar-refractivity contribution < 1.29 is 14.6 Å². The minimum atomic E-state index is -0.318. The van der Waals surface area contributed by atoms with Crippen molar-refractivity contribution in [1.82, 2.24) is 4.90 Å². The van der Waals surface area contributed by atoms with Crippen molar-refractivity contribution in [3.63, 3.8) is 0 Å². The van der Waals surface area contributed by atoms with Gasteiger partial charge in [-0.05, 0) is 48.1 Å². The van der Waals surface area contributed by atoms with Crippen LogP contribution in [0.2, 0.25) is 0 Å². The number of fused-ring (bicyclic) bond motifs is 1. The lowest BCUT2D eigenvalue weighted by molar-refractivity contribution is -0.146. The predicted molar refractivity (Wildman–Crippen MR) is 95.2 cm³/mol. The lowest BCUT2D eigenvalue weighted by Crippen LogP contribution is -2.46. The molecule has 1 atom stereocenters. The molecule has 0 spiro atoms. The second-order valence-electron chi connectivity index (χ2n) is 7.05. The Labute approximate surface area is 148 Å². The average molecular weight is 337 g/mol. The van der Waals surface area contributed by atoms with Gasteiger partial charge in [-0.1, -0.05) is 36.4 Å². The zero-order valence-electron chi connectivity index (χ0n) is 14.4. The molecular formula is C21H23NO3. The summed E-state index contributed by atoms with van der Waals surface area (Å²) in [6, 6.07) is 16.4. The van der Waals surface area contributed by atoms with E-state index < -0.39 is 0 Å². The van der Waals surface area contributed by atoms with Gasteiger partial charge in [-0.2, -0.15) is 0 Å². The third-order valence-corrected chi connectivity index (χ3v) is 5.47. The molecule has 4 rings (SSSR count). The molecule has 0 aromatic heterocycles. The van der Waals surface area contributed by atoms with Crippen LogP contribution in [0.25, 0.3) is 0 Å². The van der Waals surface area contributed by atoms with Crippen LogP contribution >= 0.6 is 0 Å². The molecule has 1 heterocycles. The van der Waals surface area contributed by atoms with Crippen molar-refractivity contribution in [2.45, 2.75) is 38.0 Å². The normalized spacial score (nSPS) is 25.0. The number of ether oxygens (including phenoxy) is 1. The molecule has 25 heavy (non-hydrogen) atoms. The van der Waals surface area contributed by atoms with Gasteiger partial charge in [0.25, 0.3) is 0 Å². The summed E-state index contributed by atoms with van der Waals surface area (Å²) in [6.45, 7) is 0.595. The van der Waals surface area contributed by atoms with Crippen LogP contribution in [0.4, 0.5) is 0 Å². The van der Waals surface area contributed by atoms with Gasteiger partial charge in [0.15, 0.2) is 0 Å². The molecule has 1 fully saturated rings. The number of aliphatic hydroxyl groups excluding tert-OH is 1. The highest BCUT2D eigenvalue weighted by molar-refractivity contribution is 5.80. The van der Waals surface area contributed by atoms with Crippen LogP contribution in [0.5, 0.6) is 5.75 Å². The highest BCUT2D eigenvalue weighted by Crippen LogP contribution is 2.38. The number of hydrogen-bond donors (Lipinski definition) is 1. The number of hydrogen-bond acceptors (Lipinski definition) is 3. The quantitative estimate of drug-likeness (QED) is 0.936. The third-order valence-electron chi connectivity index (χ3n) is 5.47. The number of methoxy groups -OCH3 is 1. The van der Waals surface area contributed by atoms with Gasteiger partial charge in [-0.15, -0.1) is 0 Å². The van der Waals surface area contributed by atoms with Gasteiger partial charge in [-0.25, -0.2) is 0 Å². The number of amides is 1. The van der Waals surface area contributed by atoms with Crippen LogP contribution in [0.15, 0.2) is 48.5 Å². The average Bonchev–Trinajstić information content (AvgIpc) is 2.64. The lowest BCUT2D eigenvalue weighted by Gasteiger charge is -2.42. The standard InChI is InChI=1S/C21H23NO3/c1-25-19-8-7-15-12-20(14-5-3-2-4-6-14)22(13-17(15)11-19)21(24)16-9-18(23)10-16/h2-8,11,16,18,20,23H,9-10,12-13H2,1H3. The van der Waals surface area contributed by atoms with Gasteiger partial charge in [0.2, 0.25) is 5.91 Å². The van der Waals surface area contributed by atoms with E-state index in [1.807, 2.05) is 35.2 Å². The molecule has 1 aliphatic carbocycles. The Hall–Kier alpha value is -2.33. The smallest absolute Gasteiger partial charge is 0.226 e. The second-order valence-corrected chi connectivity index (χ2v) is 7.05. The summed E-state index contributed by atoms with van der Waals surface area (Å²) in [6.07, 6.45) is 1.66. The lowest BCUT2D eigenvalue weighted by atomic mass is 9.80. The van der Waals surface area contributed by atoms with Crippen molar-refractivity contribution in [3.05, 3.63) is 65.2 Å². The molecule has 0 bridgehead atoms. The van der Waals surface area contributed by atoms with Gasteiger partial charge < -0.3 is 14.7 Å². The fraction of sp³-hybridized carbons (Fsp3) is 0.381. The summed E-state index contributed by atoms with van der Waals surface area (Å²) in [5, 5.41) is 9.59. The minimum absolute atomic E-state index is 0.0478. The molecule has 2 aromatic rings. The van der Waals surface area contributed by atoms with Crippen molar-refractivity contribution in [1.29, 1.82) is 0 Å². The minimum Gasteiger partial charge on any atom is -0.497 e. The maximum absolute atomic E-state index is 13.1. The largest absolute Gasteiger partial charge is 0.497 e. The molecule has 2 aliphatic rings. The number of rotatable bonds is 3. The summed E-state index contributed by atoms with van der Waals surface area (Å²) in [5.41, 5.74) is 3.59. The molecule has 1 aliphatic heterocycles.